The largest absolute Gasteiger partial charge is 0.481 e. The Morgan fingerprint density at radius 1 is 1.35 bits per heavy atom. The molecule has 23 heavy (non-hydrogen) atoms. The first-order valence-corrected chi connectivity index (χ1v) is 8.08. The number of carbonyl (C=O) groups is 2. The predicted molar refractivity (Wildman–Crippen MR) is 86.8 cm³/mol. The fourth-order valence-corrected chi connectivity index (χ4v) is 3.05. The number of esters is 1. The third-order valence-corrected chi connectivity index (χ3v) is 4.60. The van der Waals surface area contributed by atoms with E-state index in [1.165, 1.54) is 0 Å². The number of piperidine rings is 1. The van der Waals surface area contributed by atoms with Gasteiger partial charge in [0.25, 0.3) is 0 Å². The lowest BCUT2D eigenvalue weighted by Gasteiger charge is -2.28. The molecule has 0 amide bonds. The van der Waals surface area contributed by atoms with Gasteiger partial charge in [-0.25, -0.2) is 9.79 Å². The quantitative estimate of drug-likeness (QED) is 0.645. The summed E-state index contributed by atoms with van der Waals surface area (Å²) in [6.07, 6.45) is 2.79. The molecule has 6 nitrogen and oxygen atoms in total. The van der Waals surface area contributed by atoms with E-state index in [2.05, 4.69) is 20.9 Å². The standard InChI is InChI=1S/C16H15BrN2O4/c17-12-4-2-1-3-11(12)14-18-13(16(22)23-14)9-19-7-5-10(6-8-19)15(20)21/h1-4,9-10H,5-8H2,(H,20,21). The zero-order chi connectivity index (χ0) is 16.4. The van der Waals surface area contributed by atoms with Gasteiger partial charge in [0.15, 0.2) is 5.70 Å². The van der Waals surface area contributed by atoms with Gasteiger partial charge in [0, 0.05) is 23.8 Å². The number of cyclic esters (lactones) is 1. The van der Waals surface area contributed by atoms with Gasteiger partial charge in [0.1, 0.15) is 0 Å². The van der Waals surface area contributed by atoms with Crippen LogP contribution in [0.25, 0.3) is 0 Å². The minimum Gasteiger partial charge on any atom is -0.481 e. The van der Waals surface area contributed by atoms with E-state index in [1.807, 2.05) is 29.2 Å². The van der Waals surface area contributed by atoms with Gasteiger partial charge in [-0.2, -0.15) is 0 Å². The first-order chi connectivity index (χ1) is 11.0. The van der Waals surface area contributed by atoms with Gasteiger partial charge in [0.05, 0.1) is 11.5 Å². The average molecular weight is 379 g/mol. The number of rotatable bonds is 3. The van der Waals surface area contributed by atoms with Crippen molar-refractivity contribution >= 4 is 33.8 Å². The van der Waals surface area contributed by atoms with Crippen molar-refractivity contribution in [3.05, 3.63) is 46.2 Å². The topological polar surface area (TPSA) is 79.2 Å². The third kappa shape index (κ3) is 3.44. The molecular weight excluding hydrogens is 364 g/mol. The smallest absolute Gasteiger partial charge is 0.365 e. The van der Waals surface area contributed by atoms with Crippen LogP contribution in [0.2, 0.25) is 0 Å². The number of carbonyl (C=O) groups excluding carboxylic acids is 1. The highest BCUT2D eigenvalue weighted by molar-refractivity contribution is 9.10. The lowest BCUT2D eigenvalue weighted by atomic mass is 9.97. The van der Waals surface area contributed by atoms with Crippen molar-refractivity contribution in [2.24, 2.45) is 10.9 Å². The summed E-state index contributed by atoms with van der Waals surface area (Å²) >= 11 is 3.41. The van der Waals surface area contributed by atoms with Gasteiger partial charge in [-0.15, -0.1) is 0 Å². The summed E-state index contributed by atoms with van der Waals surface area (Å²) in [6.45, 7) is 1.18. The maximum atomic E-state index is 12.0. The number of aliphatic imine (C=N–C) groups is 1. The number of benzene rings is 1. The van der Waals surface area contributed by atoms with Crippen LogP contribution in [0.5, 0.6) is 0 Å². The van der Waals surface area contributed by atoms with E-state index in [0.29, 0.717) is 31.5 Å². The SMILES string of the molecule is O=C1OC(c2ccccc2Br)=NC1=CN1CCC(C(=O)O)CC1. The summed E-state index contributed by atoms with van der Waals surface area (Å²) in [6, 6.07) is 7.38. The van der Waals surface area contributed by atoms with Crippen molar-refractivity contribution in [3.63, 3.8) is 0 Å². The van der Waals surface area contributed by atoms with Gasteiger partial charge >= 0.3 is 11.9 Å². The van der Waals surface area contributed by atoms with Gasteiger partial charge in [-0.05, 0) is 40.9 Å². The number of carboxylic acids is 1. The van der Waals surface area contributed by atoms with Crippen molar-refractivity contribution in [2.75, 3.05) is 13.1 Å². The molecular formula is C16H15BrN2O4. The van der Waals surface area contributed by atoms with E-state index >= 15 is 0 Å². The molecule has 3 rings (SSSR count). The van der Waals surface area contributed by atoms with Crippen molar-refractivity contribution in [3.8, 4) is 0 Å². The van der Waals surface area contributed by atoms with Crippen LogP contribution in [0.1, 0.15) is 18.4 Å². The first-order valence-electron chi connectivity index (χ1n) is 7.29. The van der Waals surface area contributed by atoms with Crippen LogP contribution in [0.4, 0.5) is 0 Å². The van der Waals surface area contributed by atoms with Gasteiger partial charge in [-0.3, -0.25) is 4.79 Å². The summed E-state index contributed by atoms with van der Waals surface area (Å²) in [4.78, 5) is 29.1. The van der Waals surface area contributed by atoms with Crippen LogP contribution in [0.15, 0.2) is 45.6 Å². The molecule has 0 radical (unpaired) electrons. The number of nitrogens with zero attached hydrogens (tertiary/aromatic N) is 2. The molecule has 1 fully saturated rings. The lowest BCUT2D eigenvalue weighted by Crippen LogP contribution is -2.33. The number of halogens is 1. The van der Waals surface area contributed by atoms with Crippen molar-refractivity contribution in [1.29, 1.82) is 0 Å². The second-order valence-corrected chi connectivity index (χ2v) is 6.30. The van der Waals surface area contributed by atoms with Crippen LogP contribution in [-0.4, -0.2) is 40.9 Å². The number of aliphatic carboxylic acids is 1. The number of hydrogen-bond acceptors (Lipinski definition) is 5. The van der Waals surface area contributed by atoms with Gasteiger partial charge in [-0.1, -0.05) is 12.1 Å². The van der Waals surface area contributed by atoms with Gasteiger partial charge < -0.3 is 14.7 Å². The Morgan fingerprint density at radius 2 is 2.04 bits per heavy atom. The van der Waals surface area contributed by atoms with Crippen molar-refractivity contribution in [2.45, 2.75) is 12.8 Å². The summed E-state index contributed by atoms with van der Waals surface area (Å²) in [5, 5.41) is 9.00. The zero-order valence-electron chi connectivity index (χ0n) is 12.2. The Labute approximate surface area is 141 Å². The normalized spacial score (nSPS) is 20.6. The highest BCUT2D eigenvalue weighted by Gasteiger charge is 2.28. The van der Waals surface area contributed by atoms with E-state index in [-0.39, 0.29) is 17.5 Å². The Balaban J connectivity index is 1.75. The second kappa shape index (κ2) is 6.54. The number of hydrogen-bond donors (Lipinski definition) is 1. The predicted octanol–water partition coefficient (Wildman–Crippen LogP) is 2.39. The summed E-state index contributed by atoms with van der Waals surface area (Å²) in [5.41, 5.74) is 0.957. The summed E-state index contributed by atoms with van der Waals surface area (Å²) in [7, 11) is 0. The number of carboxylic acid groups (broad SMARTS) is 1. The van der Waals surface area contributed by atoms with Crippen LogP contribution in [0.3, 0.4) is 0 Å². The fourth-order valence-electron chi connectivity index (χ4n) is 2.60. The molecule has 0 saturated carbocycles. The van der Waals surface area contributed by atoms with E-state index in [0.717, 1.165) is 4.47 Å². The number of ether oxygens (including phenoxy) is 1. The molecule has 2 aliphatic heterocycles. The minimum absolute atomic E-state index is 0.240. The fraction of sp³-hybridized carbons (Fsp3) is 0.312. The van der Waals surface area contributed by atoms with E-state index in [9.17, 15) is 9.59 Å². The first kappa shape index (κ1) is 15.7. The highest BCUT2D eigenvalue weighted by Crippen LogP contribution is 2.24. The molecule has 2 heterocycles. The Hall–Kier alpha value is -2.15. The van der Waals surface area contributed by atoms with E-state index in [4.69, 9.17) is 9.84 Å². The Bertz CT molecular complexity index is 706. The van der Waals surface area contributed by atoms with Crippen LogP contribution in [-0.2, 0) is 14.3 Å². The lowest BCUT2D eigenvalue weighted by molar-refractivity contribution is -0.143. The van der Waals surface area contributed by atoms with E-state index < -0.39 is 11.9 Å². The van der Waals surface area contributed by atoms with Crippen molar-refractivity contribution < 1.29 is 19.4 Å². The summed E-state index contributed by atoms with van der Waals surface area (Å²) < 4.78 is 6.03. The van der Waals surface area contributed by atoms with Crippen LogP contribution in [0, 0.1) is 5.92 Å². The maximum absolute atomic E-state index is 12.0. The Morgan fingerprint density at radius 3 is 2.70 bits per heavy atom. The number of likely N-dealkylation sites (tertiary alicyclic amines) is 1. The Kier molecular flexibility index (Phi) is 4.47. The van der Waals surface area contributed by atoms with E-state index in [1.54, 1.807) is 6.20 Å². The molecule has 0 atom stereocenters. The maximum Gasteiger partial charge on any atom is 0.365 e. The molecule has 0 aromatic heterocycles. The third-order valence-electron chi connectivity index (χ3n) is 3.91. The zero-order valence-corrected chi connectivity index (χ0v) is 13.8. The van der Waals surface area contributed by atoms with Gasteiger partial charge in [0.2, 0.25) is 5.90 Å². The molecule has 7 heteroatoms. The monoisotopic (exact) mass is 378 g/mol. The molecule has 1 aromatic rings. The molecule has 0 spiro atoms. The molecule has 0 aliphatic carbocycles. The molecule has 1 N–H and O–H groups in total. The minimum atomic E-state index is -0.758. The van der Waals surface area contributed by atoms with Crippen LogP contribution < -0.4 is 0 Å². The summed E-state index contributed by atoms with van der Waals surface area (Å²) in [5.74, 6) is -1.28. The molecule has 120 valence electrons. The molecule has 1 aromatic carbocycles. The molecule has 2 aliphatic rings. The van der Waals surface area contributed by atoms with Crippen molar-refractivity contribution in [1.82, 2.24) is 4.90 Å². The second-order valence-electron chi connectivity index (χ2n) is 5.45. The van der Waals surface area contributed by atoms with Crippen LogP contribution >= 0.6 is 15.9 Å². The molecule has 0 bridgehead atoms. The highest BCUT2D eigenvalue weighted by atomic mass is 79.9. The average Bonchev–Trinajstić information content (AvgIpc) is 2.89. The molecule has 1 saturated heterocycles. The molecule has 0 unspecified atom stereocenters.